The first-order chi connectivity index (χ1) is 14.8. The van der Waals surface area contributed by atoms with Crippen molar-refractivity contribution in [3.8, 4) is 5.75 Å². The molecule has 0 N–H and O–H groups in total. The fourth-order valence-electron chi connectivity index (χ4n) is 3.91. The van der Waals surface area contributed by atoms with Gasteiger partial charge in [0.2, 0.25) is 0 Å². The predicted molar refractivity (Wildman–Crippen MR) is 127 cm³/mol. The van der Waals surface area contributed by atoms with Crippen LogP contribution in [0.5, 0.6) is 5.75 Å². The van der Waals surface area contributed by atoms with E-state index in [2.05, 4.69) is 103 Å². The Morgan fingerprint density at radius 3 is 1.70 bits per heavy atom. The molecule has 0 aliphatic carbocycles. The quantitative estimate of drug-likeness (QED) is 0.345. The molecule has 0 bridgehead atoms. The lowest BCUT2D eigenvalue weighted by Crippen LogP contribution is -2.32. The topological polar surface area (TPSA) is 9.23 Å². The summed E-state index contributed by atoms with van der Waals surface area (Å²) in [7, 11) is -2.01. The van der Waals surface area contributed by atoms with E-state index in [0.29, 0.717) is 0 Å². The molecule has 150 valence electrons. The summed E-state index contributed by atoms with van der Waals surface area (Å²) in [4.78, 5) is 0. The maximum absolute atomic E-state index is 12.7. The van der Waals surface area contributed by atoms with Gasteiger partial charge in [0, 0.05) is 6.07 Å². The van der Waals surface area contributed by atoms with Crippen molar-refractivity contribution in [2.75, 3.05) is 13.3 Å². The van der Waals surface area contributed by atoms with Crippen molar-refractivity contribution in [2.45, 2.75) is 6.16 Å². The molecule has 0 radical (unpaired) electrons. The zero-order chi connectivity index (χ0) is 20.7. The van der Waals surface area contributed by atoms with Gasteiger partial charge < -0.3 is 4.74 Å². The lowest BCUT2D eigenvalue weighted by atomic mass is 10.2. The summed E-state index contributed by atoms with van der Waals surface area (Å²) in [6, 6.07) is 40.4. The first-order valence-corrected chi connectivity index (χ1v) is 12.1. The first-order valence-electron chi connectivity index (χ1n) is 10.2. The van der Waals surface area contributed by atoms with Gasteiger partial charge in [-0.25, -0.2) is 4.39 Å². The lowest BCUT2D eigenvalue weighted by molar-refractivity contribution is 0.273. The summed E-state index contributed by atoms with van der Waals surface area (Å²) in [6.45, 7) is -0.420. The van der Waals surface area contributed by atoms with E-state index in [1.165, 1.54) is 21.5 Å². The second-order valence-corrected chi connectivity index (χ2v) is 10.6. The fraction of sp³-hybridized carbons (Fsp3) is 0.111. The molecule has 30 heavy (non-hydrogen) atoms. The van der Waals surface area contributed by atoms with Gasteiger partial charge in [-0.2, -0.15) is 0 Å². The SMILES string of the molecule is [18F]CCOc1cccc([P+](Cc2ccccc2)(c2ccccc2)c2ccccc2)c1. The molecule has 0 amide bonds. The standard InChI is InChI=1S/C27H25FOP/c28-19-20-29-24-13-10-18-27(21-24)30(25-14-6-2-7-15-25,26-16-8-3-9-17-26)22-23-11-4-1-5-12-23/h1-18,21H,19-20,22H2/q+1/i28-1. The number of alkyl halides is 1. The molecule has 4 aromatic rings. The van der Waals surface area contributed by atoms with Gasteiger partial charge in [0.1, 0.15) is 42.2 Å². The van der Waals surface area contributed by atoms with Crippen LogP contribution in [0.25, 0.3) is 0 Å². The van der Waals surface area contributed by atoms with Crippen molar-refractivity contribution >= 4 is 23.2 Å². The Morgan fingerprint density at radius 2 is 1.13 bits per heavy atom. The number of halogens is 1. The van der Waals surface area contributed by atoms with Gasteiger partial charge in [-0.15, -0.1) is 0 Å². The average molecular weight is 414 g/mol. The van der Waals surface area contributed by atoms with Gasteiger partial charge >= 0.3 is 0 Å². The van der Waals surface area contributed by atoms with Crippen LogP contribution in [0, 0.1) is 0 Å². The van der Waals surface area contributed by atoms with Crippen molar-refractivity contribution in [1.82, 2.24) is 0 Å². The highest BCUT2D eigenvalue weighted by Crippen LogP contribution is 2.58. The number of hydrogen-bond donors (Lipinski definition) is 0. The maximum Gasteiger partial charge on any atom is 0.123 e. The molecule has 0 unspecified atom stereocenters. The Morgan fingerprint density at radius 1 is 0.600 bits per heavy atom. The van der Waals surface area contributed by atoms with E-state index in [4.69, 9.17) is 4.74 Å². The summed E-state index contributed by atoms with van der Waals surface area (Å²) in [5, 5.41) is 3.88. The van der Waals surface area contributed by atoms with Crippen LogP contribution >= 0.6 is 7.26 Å². The monoisotopic (exact) mass is 414 g/mol. The van der Waals surface area contributed by atoms with Gasteiger partial charge in [-0.1, -0.05) is 72.8 Å². The number of hydrogen-bond acceptors (Lipinski definition) is 1. The van der Waals surface area contributed by atoms with Crippen LogP contribution in [-0.2, 0) is 6.16 Å². The van der Waals surface area contributed by atoms with E-state index < -0.39 is 13.9 Å². The number of benzene rings is 4. The second kappa shape index (κ2) is 9.69. The summed E-state index contributed by atoms with van der Waals surface area (Å²) >= 11 is 0. The van der Waals surface area contributed by atoms with Crippen molar-refractivity contribution < 1.29 is 9.13 Å². The molecule has 0 spiro atoms. The Kier molecular flexibility index (Phi) is 6.57. The van der Waals surface area contributed by atoms with E-state index in [1.807, 2.05) is 12.1 Å². The van der Waals surface area contributed by atoms with E-state index in [1.54, 1.807) is 0 Å². The summed E-state index contributed by atoms with van der Waals surface area (Å²) < 4.78 is 18.4. The second-order valence-electron chi connectivity index (χ2n) is 7.16. The highest BCUT2D eigenvalue weighted by atomic mass is 31.2. The van der Waals surface area contributed by atoms with Crippen LogP contribution in [0.3, 0.4) is 0 Å². The van der Waals surface area contributed by atoms with Gasteiger partial charge in [0.05, 0.1) is 6.16 Å². The third-order valence-electron chi connectivity index (χ3n) is 5.26. The van der Waals surface area contributed by atoms with Crippen LogP contribution in [0.15, 0.2) is 115 Å². The molecular weight excluding hydrogens is 389 g/mol. The Labute approximate surface area is 178 Å². The molecule has 0 saturated heterocycles. The predicted octanol–water partition coefficient (Wildman–Crippen LogP) is 5.53. The molecular formula is C27H25FOP+. The van der Waals surface area contributed by atoms with Gasteiger partial charge in [-0.3, -0.25) is 0 Å². The number of rotatable bonds is 8. The highest BCUT2D eigenvalue weighted by Gasteiger charge is 2.45. The fourth-order valence-corrected chi connectivity index (χ4v) is 8.16. The van der Waals surface area contributed by atoms with E-state index in [0.717, 1.165) is 11.9 Å². The molecule has 0 aromatic heterocycles. The Hall–Kier alpha value is -2.96. The lowest BCUT2D eigenvalue weighted by Gasteiger charge is -2.28. The third-order valence-corrected chi connectivity index (χ3v) is 9.62. The first kappa shape index (κ1) is 20.3. The van der Waals surface area contributed by atoms with Gasteiger partial charge in [0.15, 0.2) is 0 Å². The molecule has 0 atom stereocenters. The van der Waals surface area contributed by atoms with Crippen LogP contribution in [-0.4, -0.2) is 13.3 Å². The number of ether oxygens (including phenoxy) is 1. The Bertz CT molecular complexity index is 1010. The largest absolute Gasteiger partial charge is 0.491 e. The smallest absolute Gasteiger partial charge is 0.123 e. The summed E-state index contributed by atoms with van der Waals surface area (Å²) in [5.41, 5.74) is 1.30. The minimum atomic E-state index is -2.01. The summed E-state index contributed by atoms with van der Waals surface area (Å²) in [6.07, 6.45) is 0.911. The molecule has 0 aliphatic rings. The van der Waals surface area contributed by atoms with Crippen molar-refractivity contribution in [3.63, 3.8) is 0 Å². The van der Waals surface area contributed by atoms with Gasteiger partial charge in [-0.05, 0) is 42.0 Å². The minimum Gasteiger partial charge on any atom is -0.491 e. The van der Waals surface area contributed by atoms with Crippen LogP contribution in [0.2, 0.25) is 0 Å². The minimum absolute atomic E-state index is 0.0737. The molecule has 4 aromatic carbocycles. The summed E-state index contributed by atoms with van der Waals surface area (Å²) in [5.74, 6) is 0.717. The van der Waals surface area contributed by atoms with Crippen LogP contribution < -0.4 is 20.7 Å². The normalized spacial score (nSPS) is 11.2. The Balaban J connectivity index is 1.95. The molecule has 0 saturated carbocycles. The van der Waals surface area contributed by atoms with Crippen molar-refractivity contribution in [1.29, 1.82) is 0 Å². The van der Waals surface area contributed by atoms with Crippen LogP contribution in [0.4, 0.5) is 4.39 Å². The zero-order valence-corrected chi connectivity index (χ0v) is 17.7. The van der Waals surface area contributed by atoms with Gasteiger partial charge in [0.25, 0.3) is 0 Å². The van der Waals surface area contributed by atoms with E-state index in [9.17, 15) is 4.39 Å². The average Bonchev–Trinajstić information content (AvgIpc) is 2.83. The maximum atomic E-state index is 12.7. The molecule has 0 heterocycles. The molecule has 3 heteroatoms. The van der Waals surface area contributed by atoms with E-state index in [-0.39, 0.29) is 6.61 Å². The molecule has 4 rings (SSSR count). The van der Waals surface area contributed by atoms with Crippen LogP contribution in [0.1, 0.15) is 5.56 Å². The van der Waals surface area contributed by atoms with Crippen molar-refractivity contribution in [3.05, 3.63) is 121 Å². The highest BCUT2D eigenvalue weighted by molar-refractivity contribution is 7.95. The molecule has 1 nitrogen and oxygen atoms in total. The third kappa shape index (κ3) is 4.30. The molecule has 0 fully saturated rings. The molecule has 0 aliphatic heterocycles. The zero-order valence-electron chi connectivity index (χ0n) is 16.8. The van der Waals surface area contributed by atoms with Crippen molar-refractivity contribution in [2.24, 2.45) is 0 Å². The van der Waals surface area contributed by atoms with E-state index >= 15 is 0 Å².